The lowest BCUT2D eigenvalue weighted by molar-refractivity contribution is 1.01. The largest absolute Gasteiger partial charge is 0.397 e. The van der Waals surface area contributed by atoms with E-state index in [-0.39, 0.29) is 0 Å². The SMILES string of the molecule is Nc1cc2cn[nH]c2cc1NCC1CSCCS1. The van der Waals surface area contributed by atoms with Gasteiger partial charge in [0.1, 0.15) is 0 Å². The van der Waals surface area contributed by atoms with Crippen molar-refractivity contribution >= 4 is 45.8 Å². The van der Waals surface area contributed by atoms with Crippen LogP contribution in [0.4, 0.5) is 11.4 Å². The monoisotopic (exact) mass is 280 g/mol. The molecule has 0 bridgehead atoms. The molecule has 1 saturated heterocycles. The van der Waals surface area contributed by atoms with Crippen LogP contribution in [0.1, 0.15) is 0 Å². The summed E-state index contributed by atoms with van der Waals surface area (Å²) in [5, 5.41) is 12.2. The van der Waals surface area contributed by atoms with E-state index in [1.807, 2.05) is 35.7 Å². The molecule has 0 radical (unpaired) electrons. The van der Waals surface area contributed by atoms with Crippen molar-refractivity contribution in [2.45, 2.75) is 5.25 Å². The first kappa shape index (κ1) is 12.0. The summed E-state index contributed by atoms with van der Waals surface area (Å²) >= 11 is 4.09. The predicted octanol–water partition coefficient (Wildman–Crippen LogP) is 2.41. The van der Waals surface area contributed by atoms with Gasteiger partial charge in [0, 0.05) is 34.4 Å². The van der Waals surface area contributed by atoms with Crippen LogP contribution in [0.15, 0.2) is 18.3 Å². The third kappa shape index (κ3) is 2.54. The van der Waals surface area contributed by atoms with Gasteiger partial charge in [-0.15, -0.1) is 0 Å². The van der Waals surface area contributed by atoms with Crippen molar-refractivity contribution in [2.75, 3.05) is 34.9 Å². The van der Waals surface area contributed by atoms with Gasteiger partial charge in [-0.2, -0.15) is 28.6 Å². The van der Waals surface area contributed by atoms with Crippen molar-refractivity contribution in [3.05, 3.63) is 18.3 Å². The Hall–Kier alpha value is -1.01. The van der Waals surface area contributed by atoms with Crippen LogP contribution in [-0.2, 0) is 0 Å². The molecule has 1 aromatic heterocycles. The first-order valence-electron chi connectivity index (χ1n) is 5.99. The molecule has 96 valence electrons. The van der Waals surface area contributed by atoms with Crippen LogP contribution < -0.4 is 11.1 Å². The highest BCUT2D eigenvalue weighted by molar-refractivity contribution is 8.06. The lowest BCUT2D eigenvalue weighted by Gasteiger charge is -2.22. The fourth-order valence-electron chi connectivity index (χ4n) is 2.04. The second kappa shape index (κ2) is 5.32. The zero-order chi connectivity index (χ0) is 12.4. The second-order valence-electron chi connectivity index (χ2n) is 4.35. The molecule has 1 aliphatic rings. The maximum absolute atomic E-state index is 6.05. The Morgan fingerprint density at radius 1 is 1.44 bits per heavy atom. The molecule has 1 aromatic carbocycles. The molecule has 1 fully saturated rings. The van der Waals surface area contributed by atoms with Gasteiger partial charge in [-0.3, -0.25) is 5.10 Å². The fraction of sp³-hybridized carbons (Fsp3) is 0.417. The summed E-state index contributed by atoms with van der Waals surface area (Å²) in [5.41, 5.74) is 8.86. The Bertz CT molecular complexity index is 534. The van der Waals surface area contributed by atoms with Crippen LogP contribution in [0.3, 0.4) is 0 Å². The highest BCUT2D eigenvalue weighted by Crippen LogP contribution is 2.27. The molecule has 0 saturated carbocycles. The number of hydrogen-bond acceptors (Lipinski definition) is 5. The van der Waals surface area contributed by atoms with E-state index in [1.54, 1.807) is 6.20 Å². The Kier molecular flexibility index (Phi) is 3.56. The number of nitrogens with two attached hydrogens (primary N) is 1. The van der Waals surface area contributed by atoms with Gasteiger partial charge in [-0.05, 0) is 12.1 Å². The Labute approximate surface area is 114 Å². The normalized spacial score (nSPS) is 20.1. The number of fused-ring (bicyclic) bond motifs is 1. The first-order valence-corrected chi connectivity index (χ1v) is 8.19. The average molecular weight is 280 g/mol. The van der Waals surface area contributed by atoms with E-state index in [2.05, 4.69) is 15.5 Å². The minimum atomic E-state index is 0.681. The van der Waals surface area contributed by atoms with E-state index in [0.29, 0.717) is 5.25 Å². The molecule has 1 atom stereocenters. The topological polar surface area (TPSA) is 66.7 Å². The highest BCUT2D eigenvalue weighted by Gasteiger charge is 2.14. The van der Waals surface area contributed by atoms with Crippen LogP contribution in [0.2, 0.25) is 0 Å². The van der Waals surface area contributed by atoms with Gasteiger partial charge < -0.3 is 11.1 Å². The number of nitrogens with one attached hydrogen (secondary N) is 2. The van der Waals surface area contributed by atoms with Gasteiger partial charge >= 0.3 is 0 Å². The Morgan fingerprint density at radius 2 is 2.39 bits per heavy atom. The number of H-pyrrole nitrogens is 1. The van der Waals surface area contributed by atoms with Crippen LogP contribution in [-0.4, -0.2) is 39.3 Å². The maximum Gasteiger partial charge on any atom is 0.0672 e. The number of anilines is 2. The lowest BCUT2D eigenvalue weighted by Crippen LogP contribution is -2.23. The van der Waals surface area contributed by atoms with E-state index in [9.17, 15) is 0 Å². The molecule has 0 spiro atoms. The van der Waals surface area contributed by atoms with Gasteiger partial charge in [0.05, 0.1) is 23.1 Å². The summed E-state index contributed by atoms with van der Waals surface area (Å²) in [6, 6.07) is 4.00. The van der Waals surface area contributed by atoms with Crippen molar-refractivity contribution in [2.24, 2.45) is 0 Å². The Balaban J connectivity index is 1.71. The molecule has 0 aliphatic carbocycles. The van der Waals surface area contributed by atoms with Crippen molar-refractivity contribution in [1.29, 1.82) is 0 Å². The summed E-state index contributed by atoms with van der Waals surface area (Å²) in [6.07, 6.45) is 1.79. The standard InChI is InChI=1S/C12H16N4S2/c13-10-3-8-5-15-16-11(8)4-12(10)14-6-9-7-17-1-2-18-9/h3-5,9,14H,1-2,6-7,13H2,(H,15,16). The maximum atomic E-state index is 6.05. The summed E-state index contributed by atoms with van der Waals surface area (Å²) < 4.78 is 0. The van der Waals surface area contributed by atoms with Crippen molar-refractivity contribution in [1.82, 2.24) is 10.2 Å². The summed E-state index contributed by atoms with van der Waals surface area (Å²) in [7, 11) is 0. The summed E-state index contributed by atoms with van der Waals surface area (Å²) in [6.45, 7) is 0.974. The third-order valence-corrected chi connectivity index (χ3v) is 5.86. The smallest absolute Gasteiger partial charge is 0.0672 e. The van der Waals surface area contributed by atoms with Crippen molar-refractivity contribution in [3.8, 4) is 0 Å². The number of rotatable bonds is 3. The van der Waals surface area contributed by atoms with Crippen molar-refractivity contribution in [3.63, 3.8) is 0 Å². The van der Waals surface area contributed by atoms with Gasteiger partial charge in [-0.25, -0.2) is 0 Å². The molecule has 0 amide bonds. The van der Waals surface area contributed by atoms with E-state index >= 15 is 0 Å². The van der Waals surface area contributed by atoms with Gasteiger partial charge in [0.25, 0.3) is 0 Å². The number of nitrogens with zero attached hydrogens (tertiary/aromatic N) is 1. The van der Waals surface area contributed by atoms with Crippen LogP contribution in [0, 0.1) is 0 Å². The lowest BCUT2D eigenvalue weighted by atomic mass is 10.2. The van der Waals surface area contributed by atoms with Crippen LogP contribution in [0.5, 0.6) is 0 Å². The molecular formula is C12H16N4S2. The average Bonchev–Trinajstić information content (AvgIpc) is 2.84. The summed E-state index contributed by atoms with van der Waals surface area (Å²) in [5.74, 6) is 3.76. The molecule has 2 aromatic rings. The predicted molar refractivity (Wildman–Crippen MR) is 82.6 cm³/mol. The molecule has 4 N–H and O–H groups in total. The van der Waals surface area contributed by atoms with Crippen molar-refractivity contribution < 1.29 is 0 Å². The molecule has 1 aliphatic heterocycles. The van der Waals surface area contributed by atoms with E-state index in [0.717, 1.165) is 28.8 Å². The van der Waals surface area contributed by atoms with E-state index in [4.69, 9.17) is 5.73 Å². The number of nitrogen functional groups attached to an aromatic ring is 1. The van der Waals surface area contributed by atoms with Gasteiger partial charge in [0.15, 0.2) is 0 Å². The second-order valence-corrected chi connectivity index (χ2v) is 6.90. The number of aromatic nitrogens is 2. The molecule has 18 heavy (non-hydrogen) atoms. The molecule has 3 rings (SSSR count). The highest BCUT2D eigenvalue weighted by atomic mass is 32.2. The molecule has 2 heterocycles. The quantitative estimate of drug-likeness (QED) is 0.753. The number of benzene rings is 1. The van der Waals surface area contributed by atoms with E-state index < -0.39 is 0 Å². The molecule has 4 nitrogen and oxygen atoms in total. The molecule has 1 unspecified atom stereocenters. The Morgan fingerprint density at radius 3 is 3.22 bits per heavy atom. The van der Waals surface area contributed by atoms with E-state index in [1.165, 1.54) is 17.3 Å². The molecule has 6 heteroatoms. The van der Waals surface area contributed by atoms with Crippen LogP contribution in [0.25, 0.3) is 10.9 Å². The zero-order valence-electron chi connectivity index (χ0n) is 9.98. The summed E-state index contributed by atoms with van der Waals surface area (Å²) in [4.78, 5) is 0. The molecular weight excluding hydrogens is 264 g/mol. The first-order chi connectivity index (χ1) is 8.83. The zero-order valence-corrected chi connectivity index (χ0v) is 11.6. The van der Waals surface area contributed by atoms with Gasteiger partial charge in [-0.1, -0.05) is 0 Å². The minimum absolute atomic E-state index is 0.681. The number of hydrogen-bond donors (Lipinski definition) is 3. The fourth-order valence-corrected chi connectivity index (χ4v) is 4.65. The number of aromatic amines is 1. The minimum Gasteiger partial charge on any atom is -0.397 e. The van der Waals surface area contributed by atoms with Crippen LogP contribution >= 0.6 is 23.5 Å². The van der Waals surface area contributed by atoms with Gasteiger partial charge in [0.2, 0.25) is 0 Å². The number of thioether (sulfide) groups is 2. The third-order valence-electron chi connectivity index (χ3n) is 3.02.